The maximum atomic E-state index is 12.0. The standard InChI is InChI=1S/C19H25NO4/c1-5-6-14(4)20-18(21)11-24-19(22)9-15-10-23-17-8-13(3)12(2)7-16(15)17/h7-8,10,14H,5-6,9,11H2,1-4H3,(H,20,21). The van der Waals surface area contributed by atoms with Crippen molar-refractivity contribution in [3.05, 3.63) is 35.1 Å². The minimum absolute atomic E-state index is 0.0882. The molecule has 2 rings (SSSR count). The first kappa shape index (κ1) is 18.0. The summed E-state index contributed by atoms with van der Waals surface area (Å²) >= 11 is 0. The van der Waals surface area contributed by atoms with E-state index < -0.39 is 5.97 Å². The number of amides is 1. The Morgan fingerprint density at radius 3 is 2.67 bits per heavy atom. The normalized spacial score (nSPS) is 12.2. The first-order valence-electron chi connectivity index (χ1n) is 8.33. The molecule has 5 nitrogen and oxygen atoms in total. The number of nitrogens with one attached hydrogen (secondary N) is 1. The molecule has 1 heterocycles. The summed E-state index contributed by atoms with van der Waals surface area (Å²) in [5.74, 6) is -0.706. The predicted molar refractivity (Wildman–Crippen MR) is 92.9 cm³/mol. The molecule has 1 N–H and O–H groups in total. The van der Waals surface area contributed by atoms with Crippen molar-refractivity contribution < 1.29 is 18.7 Å². The zero-order chi connectivity index (χ0) is 17.7. The van der Waals surface area contributed by atoms with Gasteiger partial charge in [0.15, 0.2) is 6.61 Å². The van der Waals surface area contributed by atoms with E-state index in [1.165, 1.54) is 0 Å². The lowest BCUT2D eigenvalue weighted by atomic mass is 10.0. The van der Waals surface area contributed by atoms with Crippen LogP contribution < -0.4 is 5.32 Å². The van der Waals surface area contributed by atoms with Gasteiger partial charge in [0.1, 0.15) is 5.58 Å². The largest absolute Gasteiger partial charge is 0.464 e. The summed E-state index contributed by atoms with van der Waals surface area (Å²) in [6, 6.07) is 4.06. The topological polar surface area (TPSA) is 68.5 Å². The Balaban J connectivity index is 1.91. The molecule has 2 aromatic rings. The second-order valence-corrected chi connectivity index (χ2v) is 6.29. The van der Waals surface area contributed by atoms with E-state index in [2.05, 4.69) is 12.2 Å². The van der Waals surface area contributed by atoms with Crippen LogP contribution in [0.1, 0.15) is 43.4 Å². The molecule has 1 atom stereocenters. The van der Waals surface area contributed by atoms with Crippen LogP contribution in [-0.4, -0.2) is 24.5 Å². The van der Waals surface area contributed by atoms with Crippen molar-refractivity contribution >= 4 is 22.8 Å². The molecule has 1 amide bonds. The summed E-state index contributed by atoms with van der Waals surface area (Å²) < 4.78 is 10.6. The molecule has 1 aromatic carbocycles. The monoisotopic (exact) mass is 331 g/mol. The highest BCUT2D eigenvalue weighted by atomic mass is 16.5. The number of carbonyl (C=O) groups is 2. The van der Waals surface area contributed by atoms with Gasteiger partial charge in [0, 0.05) is 17.0 Å². The fraction of sp³-hybridized carbons (Fsp3) is 0.474. The van der Waals surface area contributed by atoms with Crippen molar-refractivity contribution in [2.45, 2.75) is 53.0 Å². The molecule has 0 fully saturated rings. The van der Waals surface area contributed by atoms with Crippen LogP contribution in [0.15, 0.2) is 22.8 Å². The summed E-state index contributed by atoms with van der Waals surface area (Å²) in [4.78, 5) is 23.7. The van der Waals surface area contributed by atoms with Gasteiger partial charge in [-0.2, -0.15) is 0 Å². The van der Waals surface area contributed by atoms with Gasteiger partial charge in [0.05, 0.1) is 12.7 Å². The third-order valence-corrected chi connectivity index (χ3v) is 4.10. The molecule has 0 aliphatic heterocycles. The van der Waals surface area contributed by atoms with Gasteiger partial charge in [0.2, 0.25) is 0 Å². The first-order chi connectivity index (χ1) is 11.4. The zero-order valence-corrected chi connectivity index (χ0v) is 14.8. The minimum Gasteiger partial charge on any atom is -0.464 e. The van der Waals surface area contributed by atoms with E-state index in [1.54, 1.807) is 6.26 Å². The van der Waals surface area contributed by atoms with E-state index in [1.807, 2.05) is 32.9 Å². The molecular formula is C19H25NO4. The molecule has 130 valence electrons. The average Bonchev–Trinajstić information content (AvgIpc) is 2.88. The smallest absolute Gasteiger partial charge is 0.310 e. The second kappa shape index (κ2) is 7.99. The van der Waals surface area contributed by atoms with E-state index in [0.29, 0.717) is 0 Å². The van der Waals surface area contributed by atoms with Crippen molar-refractivity contribution in [1.82, 2.24) is 5.32 Å². The number of benzene rings is 1. The number of rotatable bonds is 7. The van der Waals surface area contributed by atoms with Gasteiger partial charge in [-0.15, -0.1) is 0 Å². The first-order valence-corrected chi connectivity index (χ1v) is 8.33. The third kappa shape index (κ3) is 4.60. The molecular weight excluding hydrogens is 306 g/mol. The molecule has 0 aliphatic rings. The highest BCUT2D eigenvalue weighted by Crippen LogP contribution is 2.25. The van der Waals surface area contributed by atoms with Crippen molar-refractivity contribution in [1.29, 1.82) is 0 Å². The van der Waals surface area contributed by atoms with Gasteiger partial charge in [-0.25, -0.2) is 0 Å². The molecule has 1 aromatic heterocycles. The lowest BCUT2D eigenvalue weighted by Gasteiger charge is -2.12. The summed E-state index contributed by atoms with van der Waals surface area (Å²) in [6.07, 6.45) is 3.56. The summed E-state index contributed by atoms with van der Waals surface area (Å²) in [6.45, 7) is 7.78. The number of fused-ring (bicyclic) bond motifs is 1. The maximum Gasteiger partial charge on any atom is 0.310 e. The highest BCUT2D eigenvalue weighted by Gasteiger charge is 2.14. The lowest BCUT2D eigenvalue weighted by molar-refractivity contribution is -0.148. The fourth-order valence-corrected chi connectivity index (χ4v) is 2.65. The molecule has 0 spiro atoms. The predicted octanol–water partition coefficient (Wildman–Crippen LogP) is 3.44. The van der Waals surface area contributed by atoms with E-state index in [4.69, 9.17) is 9.15 Å². The van der Waals surface area contributed by atoms with E-state index in [9.17, 15) is 9.59 Å². The number of hydrogen-bond donors (Lipinski definition) is 1. The number of ether oxygens (including phenoxy) is 1. The van der Waals surface area contributed by atoms with Crippen molar-refractivity contribution in [3.8, 4) is 0 Å². The summed E-state index contributed by atoms with van der Waals surface area (Å²) in [5.41, 5.74) is 3.82. The van der Waals surface area contributed by atoms with Crippen LogP contribution in [0.2, 0.25) is 0 Å². The Kier molecular flexibility index (Phi) is 6.01. The Bertz CT molecular complexity index is 732. The van der Waals surface area contributed by atoms with Crippen molar-refractivity contribution in [3.63, 3.8) is 0 Å². The molecule has 0 bridgehead atoms. The molecule has 5 heteroatoms. The van der Waals surface area contributed by atoms with Crippen LogP contribution in [0.3, 0.4) is 0 Å². The van der Waals surface area contributed by atoms with Gasteiger partial charge in [0.25, 0.3) is 5.91 Å². The van der Waals surface area contributed by atoms with Crippen LogP contribution in [0.25, 0.3) is 11.0 Å². The fourth-order valence-electron chi connectivity index (χ4n) is 2.65. The van der Waals surface area contributed by atoms with Crippen LogP contribution in [-0.2, 0) is 20.7 Å². The van der Waals surface area contributed by atoms with Crippen LogP contribution >= 0.6 is 0 Å². The van der Waals surface area contributed by atoms with Crippen LogP contribution in [0, 0.1) is 13.8 Å². The molecule has 0 saturated carbocycles. The van der Waals surface area contributed by atoms with Crippen molar-refractivity contribution in [2.24, 2.45) is 0 Å². The number of aryl methyl sites for hydroxylation is 2. The summed E-state index contributed by atoms with van der Waals surface area (Å²) in [5, 5.41) is 3.72. The Morgan fingerprint density at radius 2 is 1.96 bits per heavy atom. The molecule has 0 radical (unpaired) electrons. The number of hydrogen-bond acceptors (Lipinski definition) is 4. The van der Waals surface area contributed by atoms with Gasteiger partial charge in [-0.05, 0) is 50.5 Å². The van der Waals surface area contributed by atoms with E-state index >= 15 is 0 Å². The molecule has 0 aliphatic carbocycles. The number of esters is 1. The van der Waals surface area contributed by atoms with Gasteiger partial charge >= 0.3 is 5.97 Å². The lowest BCUT2D eigenvalue weighted by Crippen LogP contribution is -2.35. The zero-order valence-electron chi connectivity index (χ0n) is 14.8. The van der Waals surface area contributed by atoms with Gasteiger partial charge in [-0.1, -0.05) is 13.3 Å². The van der Waals surface area contributed by atoms with Gasteiger partial charge < -0.3 is 14.5 Å². The van der Waals surface area contributed by atoms with Crippen LogP contribution in [0.4, 0.5) is 0 Å². The van der Waals surface area contributed by atoms with E-state index in [0.717, 1.165) is 40.5 Å². The van der Waals surface area contributed by atoms with Crippen molar-refractivity contribution in [2.75, 3.05) is 6.61 Å². The Morgan fingerprint density at radius 1 is 1.25 bits per heavy atom. The third-order valence-electron chi connectivity index (χ3n) is 4.10. The number of furan rings is 1. The number of carbonyl (C=O) groups excluding carboxylic acids is 2. The minimum atomic E-state index is -0.436. The SMILES string of the molecule is CCCC(C)NC(=O)COC(=O)Cc1coc2cc(C)c(C)cc12. The second-order valence-electron chi connectivity index (χ2n) is 6.29. The van der Waals surface area contributed by atoms with Gasteiger partial charge in [-0.3, -0.25) is 9.59 Å². The summed E-state index contributed by atoms with van der Waals surface area (Å²) in [7, 11) is 0. The Hall–Kier alpha value is -2.30. The molecule has 0 saturated heterocycles. The van der Waals surface area contributed by atoms with E-state index in [-0.39, 0.29) is 25.0 Å². The molecule has 24 heavy (non-hydrogen) atoms. The Labute approximate surface area is 142 Å². The quantitative estimate of drug-likeness (QED) is 0.789. The average molecular weight is 331 g/mol. The molecule has 1 unspecified atom stereocenters. The maximum absolute atomic E-state index is 12.0. The van der Waals surface area contributed by atoms with Crippen LogP contribution in [0.5, 0.6) is 0 Å². The highest BCUT2D eigenvalue weighted by molar-refractivity contribution is 5.87.